The lowest BCUT2D eigenvalue weighted by atomic mass is 9.51. The van der Waals surface area contributed by atoms with Crippen LogP contribution in [0.3, 0.4) is 0 Å². The van der Waals surface area contributed by atoms with E-state index in [2.05, 4.69) is 196 Å². The topological polar surface area (TPSA) is 0 Å². The Kier molecular flexibility index (Phi) is 5.54. The average Bonchev–Trinajstić information content (AvgIpc) is 3.77. The minimum Gasteiger partial charge on any atom is -0.0619 e. The van der Waals surface area contributed by atoms with Crippen molar-refractivity contribution in [3.8, 4) is 44.5 Å². The van der Waals surface area contributed by atoms with Gasteiger partial charge in [-0.05, 0) is 106 Å². The molecule has 0 atom stereocenters. The maximum Gasteiger partial charge on any atom is 0.0725 e. The molecule has 0 bridgehead atoms. The second kappa shape index (κ2) is 10.00. The van der Waals surface area contributed by atoms with Gasteiger partial charge in [0.1, 0.15) is 0 Å². The number of benzene rings is 8. The van der Waals surface area contributed by atoms with E-state index in [1.165, 1.54) is 100 Å². The molecule has 53 heavy (non-hydrogen) atoms. The fraction of sp³-hybridized carbons (Fsp3) is 0.0943. The Hall–Kier alpha value is -6.24. The Morgan fingerprint density at radius 2 is 0.623 bits per heavy atom. The molecule has 0 unspecified atom stereocenters. The predicted molar refractivity (Wildman–Crippen MR) is 218 cm³/mol. The van der Waals surface area contributed by atoms with Crippen molar-refractivity contribution in [1.82, 2.24) is 0 Å². The van der Waals surface area contributed by atoms with E-state index in [1.807, 2.05) is 0 Å². The molecule has 0 heterocycles. The van der Waals surface area contributed by atoms with Crippen LogP contribution in [0.25, 0.3) is 44.5 Å². The Balaban J connectivity index is 1.29. The van der Waals surface area contributed by atoms with Gasteiger partial charge in [0.05, 0.1) is 10.8 Å². The lowest BCUT2D eigenvalue weighted by molar-refractivity contribution is 0.634. The molecule has 8 aromatic rings. The van der Waals surface area contributed by atoms with Gasteiger partial charge in [0, 0.05) is 5.41 Å². The van der Waals surface area contributed by atoms with E-state index >= 15 is 0 Å². The molecule has 0 radical (unpaired) electrons. The normalized spacial score (nSPS) is 16.2. The van der Waals surface area contributed by atoms with Crippen molar-refractivity contribution in [3.63, 3.8) is 0 Å². The second-order valence-corrected chi connectivity index (χ2v) is 15.9. The molecule has 4 aliphatic rings. The molecular weight excluding hydrogens is 637 g/mol. The molecule has 0 saturated carbocycles. The number of hydrogen-bond donors (Lipinski definition) is 0. The van der Waals surface area contributed by atoms with Gasteiger partial charge in [-0.3, -0.25) is 0 Å². The minimum atomic E-state index is -0.524. The number of rotatable bonds is 1. The number of hydrogen-bond acceptors (Lipinski definition) is 0. The van der Waals surface area contributed by atoms with Crippen LogP contribution in [0.1, 0.15) is 69.5 Å². The molecule has 0 fully saturated rings. The first-order valence-corrected chi connectivity index (χ1v) is 18.9. The monoisotopic (exact) mass is 672 g/mol. The second-order valence-electron chi connectivity index (χ2n) is 15.9. The zero-order valence-corrected chi connectivity index (χ0v) is 29.8. The Labute approximate surface area is 311 Å². The quantitative estimate of drug-likeness (QED) is 0.163. The van der Waals surface area contributed by atoms with Crippen molar-refractivity contribution >= 4 is 0 Å². The van der Waals surface area contributed by atoms with Crippen LogP contribution in [0.5, 0.6) is 0 Å². The van der Waals surface area contributed by atoms with E-state index < -0.39 is 10.8 Å². The van der Waals surface area contributed by atoms with Gasteiger partial charge in [-0.25, -0.2) is 0 Å². The van der Waals surface area contributed by atoms with Crippen molar-refractivity contribution in [1.29, 1.82) is 0 Å². The third-order valence-electron chi connectivity index (χ3n) is 13.4. The lowest BCUT2D eigenvalue weighted by Gasteiger charge is -2.49. The van der Waals surface area contributed by atoms with Crippen LogP contribution >= 0.6 is 0 Å². The molecule has 0 aromatic heterocycles. The summed E-state index contributed by atoms with van der Waals surface area (Å²) >= 11 is 0. The molecule has 0 amide bonds. The largest absolute Gasteiger partial charge is 0.0725 e. The van der Waals surface area contributed by atoms with Gasteiger partial charge >= 0.3 is 0 Å². The van der Waals surface area contributed by atoms with Gasteiger partial charge < -0.3 is 0 Å². The van der Waals surface area contributed by atoms with Crippen LogP contribution in [0.4, 0.5) is 0 Å². The summed E-state index contributed by atoms with van der Waals surface area (Å²) in [6, 6.07) is 69.7. The minimum absolute atomic E-state index is 0.0502. The Morgan fingerprint density at radius 1 is 0.264 bits per heavy atom. The molecule has 0 aliphatic heterocycles. The van der Waals surface area contributed by atoms with Crippen LogP contribution < -0.4 is 0 Å². The standard InChI is InChI=1S/C53H36/c1-51(2)41-22-8-3-20-39(41)40-32-33(30-31-42(40)51)34-21-15-29-49-50(34)53(45-25-11-6-18-37(45)38-19-7-12-26-46(38)53)48-28-14-13-27-47(48)52(49)43-23-9-4-16-35(43)36-17-5-10-24-44(36)52/h3-32H,1-2H3. The van der Waals surface area contributed by atoms with E-state index in [-0.39, 0.29) is 5.41 Å². The van der Waals surface area contributed by atoms with Gasteiger partial charge in [-0.1, -0.05) is 190 Å². The molecule has 0 saturated heterocycles. The molecule has 4 aliphatic carbocycles. The van der Waals surface area contributed by atoms with E-state index in [1.54, 1.807) is 0 Å². The van der Waals surface area contributed by atoms with Gasteiger partial charge in [0.15, 0.2) is 0 Å². The lowest BCUT2D eigenvalue weighted by Crippen LogP contribution is -2.44. The highest BCUT2D eigenvalue weighted by atomic mass is 14.6. The first kappa shape index (κ1) is 29.3. The van der Waals surface area contributed by atoms with Gasteiger partial charge in [-0.2, -0.15) is 0 Å². The van der Waals surface area contributed by atoms with Crippen molar-refractivity contribution in [3.05, 3.63) is 238 Å². The highest BCUT2D eigenvalue weighted by Crippen LogP contribution is 2.68. The SMILES string of the molecule is CC1(C)c2ccccc2-c2cc(-c3cccc4c3C3(c5ccccc5-c5ccccc53)c3ccccc3C43c4ccccc4-c4ccccc43)ccc21. The molecule has 8 aromatic carbocycles. The van der Waals surface area contributed by atoms with Crippen molar-refractivity contribution in [2.24, 2.45) is 0 Å². The highest BCUT2D eigenvalue weighted by Gasteiger charge is 2.59. The Bertz CT molecular complexity index is 2790. The van der Waals surface area contributed by atoms with Gasteiger partial charge in [-0.15, -0.1) is 0 Å². The summed E-state index contributed by atoms with van der Waals surface area (Å²) < 4.78 is 0. The molecule has 12 rings (SSSR count). The van der Waals surface area contributed by atoms with Crippen LogP contribution in [0, 0.1) is 0 Å². The zero-order chi connectivity index (χ0) is 35.1. The summed E-state index contributed by atoms with van der Waals surface area (Å²) in [5, 5.41) is 0. The first-order chi connectivity index (χ1) is 26.1. The summed E-state index contributed by atoms with van der Waals surface area (Å²) in [4.78, 5) is 0. The average molecular weight is 673 g/mol. The fourth-order valence-electron chi connectivity index (χ4n) is 11.4. The number of fused-ring (bicyclic) bond motifs is 19. The molecule has 248 valence electrons. The van der Waals surface area contributed by atoms with E-state index in [4.69, 9.17) is 0 Å². The van der Waals surface area contributed by atoms with E-state index in [0.29, 0.717) is 0 Å². The molecular formula is C53H36. The highest BCUT2D eigenvalue weighted by molar-refractivity contribution is 5.96. The summed E-state index contributed by atoms with van der Waals surface area (Å²) in [6.45, 7) is 4.75. The fourth-order valence-corrected chi connectivity index (χ4v) is 11.4. The van der Waals surface area contributed by atoms with Gasteiger partial charge in [0.25, 0.3) is 0 Å². The molecule has 2 spiro atoms. The maximum atomic E-state index is 2.50. The van der Waals surface area contributed by atoms with Crippen molar-refractivity contribution < 1.29 is 0 Å². The summed E-state index contributed by atoms with van der Waals surface area (Å²) in [7, 11) is 0. The van der Waals surface area contributed by atoms with Crippen LogP contribution in [0.15, 0.2) is 182 Å². The molecule has 0 N–H and O–H groups in total. The third kappa shape index (κ3) is 3.31. The molecule has 0 heteroatoms. The first-order valence-electron chi connectivity index (χ1n) is 18.9. The van der Waals surface area contributed by atoms with Crippen molar-refractivity contribution in [2.45, 2.75) is 30.1 Å². The van der Waals surface area contributed by atoms with Gasteiger partial charge in [0.2, 0.25) is 0 Å². The third-order valence-corrected chi connectivity index (χ3v) is 13.4. The van der Waals surface area contributed by atoms with Crippen molar-refractivity contribution in [2.75, 3.05) is 0 Å². The van der Waals surface area contributed by atoms with E-state index in [0.717, 1.165) is 0 Å². The summed E-state index contributed by atoms with van der Waals surface area (Å²) in [5.74, 6) is 0. The maximum absolute atomic E-state index is 2.50. The molecule has 0 nitrogen and oxygen atoms in total. The smallest absolute Gasteiger partial charge is 0.0619 e. The Morgan fingerprint density at radius 3 is 1.15 bits per heavy atom. The van der Waals surface area contributed by atoms with Crippen LogP contribution in [0.2, 0.25) is 0 Å². The van der Waals surface area contributed by atoms with Crippen LogP contribution in [-0.2, 0) is 16.2 Å². The zero-order valence-electron chi connectivity index (χ0n) is 29.8. The van der Waals surface area contributed by atoms with Crippen LogP contribution in [-0.4, -0.2) is 0 Å². The van der Waals surface area contributed by atoms with E-state index in [9.17, 15) is 0 Å². The summed E-state index contributed by atoms with van der Waals surface area (Å²) in [5.41, 5.74) is 23.3. The predicted octanol–water partition coefficient (Wildman–Crippen LogP) is 12.7. The summed E-state index contributed by atoms with van der Waals surface area (Å²) in [6.07, 6.45) is 0.